The van der Waals surface area contributed by atoms with Gasteiger partial charge in [0.2, 0.25) is 11.8 Å². The summed E-state index contributed by atoms with van der Waals surface area (Å²) in [7, 11) is 2.70. The van der Waals surface area contributed by atoms with Crippen molar-refractivity contribution in [2.45, 2.75) is 64.5 Å². The Morgan fingerprint density at radius 1 is 0.621 bits per heavy atom. The third-order valence-electron chi connectivity index (χ3n) is 11.9. The van der Waals surface area contributed by atoms with Gasteiger partial charge in [0, 0.05) is 102 Å². The minimum absolute atomic E-state index is 0.0775. The third kappa shape index (κ3) is 12.3. The molecule has 348 valence electrons. The number of piperidine rings is 2. The molecule has 0 radical (unpaired) electrons. The SMILES string of the molecule is COc1cc(NC(C)=O)c([N+](=O)[O-])cc1N(C(=O)/C=C/C(=O)N(c1cc([N+](=O)[O-])c(NC(C)=O)cc1OC)C1CCN(CCc2ccccc2)CC1)C1CCN(CCc2ccccc2)CC1. The Bertz CT molecular complexity index is 2250. The van der Waals surface area contributed by atoms with E-state index in [9.17, 15) is 39.4 Å². The number of methoxy groups -OCH3 is 2. The van der Waals surface area contributed by atoms with Crippen molar-refractivity contribution in [3.63, 3.8) is 0 Å². The summed E-state index contributed by atoms with van der Waals surface area (Å²) in [6, 6.07) is 24.2. The molecule has 2 heterocycles. The maximum atomic E-state index is 14.7. The van der Waals surface area contributed by atoms with Crippen LogP contribution in [0, 0.1) is 20.2 Å². The van der Waals surface area contributed by atoms with Gasteiger partial charge < -0.3 is 39.7 Å². The standard InChI is InChI=1S/C48H56N8O10/c1-33(57)49-39-29-45(65-3)43(31-41(39)55(61)62)53(37-19-25-51(26-20-37)23-17-35-11-7-5-8-12-35)47(59)15-16-48(60)54(38-21-27-52(28-22-38)24-18-36-13-9-6-10-14-36)44-32-42(56(63)64)40(50-34(2)58)30-46(44)66-4/h5-16,29-32,37-38H,17-28H2,1-4H3,(H,49,57)(H,50,58)/b16-15+. The van der Waals surface area contributed by atoms with Crippen LogP contribution < -0.4 is 29.9 Å². The number of nitro groups is 2. The number of carbonyl (C=O) groups excluding carboxylic acids is 4. The molecule has 4 aromatic rings. The summed E-state index contributed by atoms with van der Waals surface area (Å²) < 4.78 is 11.4. The molecule has 6 rings (SSSR count). The first-order chi connectivity index (χ1) is 31.8. The summed E-state index contributed by atoms with van der Waals surface area (Å²) in [5.41, 5.74) is 1.39. The van der Waals surface area contributed by atoms with E-state index in [4.69, 9.17) is 9.47 Å². The van der Waals surface area contributed by atoms with Gasteiger partial charge in [-0.15, -0.1) is 0 Å². The highest BCUT2D eigenvalue weighted by Gasteiger charge is 2.35. The number of rotatable bonds is 18. The lowest BCUT2D eigenvalue weighted by molar-refractivity contribution is -0.384. The molecule has 66 heavy (non-hydrogen) atoms. The van der Waals surface area contributed by atoms with E-state index in [1.807, 2.05) is 36.4 Å². The van der Waals surface area contributed by atoms with Crippen molar-refractivity contribution >= 4 is 57.8 Å². The molecule has 4 amide bonds. The Labute approximate surface area is 383 Å². The highest BCUT2D eigenvalue weighted by molar-refractivity contribution is 6.11. The summed E-state index contributed by atoms with van der Waals surface area (Å²) in [5, 5.41) is 29.8. The normalized spacial score (nSPS) is 14.9. The van der Waals surface area contributed by atoms with E-state index in [-0.39, 0.29) is 34.2 Å². The molecule has 0 unspecified atom stereocenters. The molecule has 0 spiro atoms. The lowest BCUT2D eigenvalue weighted by Gasteiger charge is -2.39. The monoisotopic (exact) mass is 904 g/mol. The molecule has 18 heteroatoms. The fourth-order valence-corrected chi connectivity index (χ4v) is 8.66. The summed E-state index contributed by atoms with van der Waals surface area (Å²) in [6.45, 7) is 6.47. The molecule has 18 nitrogen and oxygen atoms in total. The van der Waals surface area contributed by atoms with Crippen molar-refractivity contribution in [2.75, 3.05) is 73.9 Å². The topological polar surface area (TPSA) is 210 Å². The van der Waals surface area contributed by atoms with Gasteiger partial charge in [0.1, 0.15) is 22.9 Å². The predicted octanol–water partition coefficient (Wildman–Crippen LogP) is 6.77. The number of nitrogens with zero attached hydrogens (tertiary/aromatic N) is 6. The highest BCUT2D eigenvalue weighted by Crippen LogP contribution is 2.42. The van der Waals surface area contributed by atoms with Crippen LogP contribution in [0.25, 0.3) is 0 Å². The van der Waals surface area contributed by atoms with Crippen LogP contribution in [-0.2, 0) is 32.0 Å². The van der Waals surface area contributed by atoms with Crippen LogP contribution in [0.5, 0.6) is 11.5 Å². The number of amides is 4. The predicted molar refractivity (Wildman–Crippen MR) is 251 cm³/mol. The second-order valence-electron chi connectivity index (χ2n) is 16.3. The number of nitrogens with one attached hydrogen (secondary N) is 2. The summed E-state index contributed by atoms with van der Waals surface area (Å²) in [4.78, 5) is 84.5. The molecule has 0 atom stereocenters. The smallest absolute Gasteiger partial charge is 0.295 e. The molecule has 2 aliphatic rings. The fourth-order valence-electron chi connectivity index (χ4n) is 8.66. The summed E-state index contributed by atoms with van der Waals surface area (Å²) in [5.74, 6) is -2.25. The first-order valence-corrected chi connectivity index (χ1v) is 21.9. The second-order valence-corrected chi connectivity index (χ2v) is 16.3. The molecule has 2 N–H and O–H groups in total. The second kappa shape index (κ2) is 22.6. The zero-order valence-corrected chi connectivity index (χ0v) is 37.6. The Morgan fingerprint density at radius 2 is 0.970 bits per heavy atom. The molecule has 0 saturated carbocycles. The van der Waals surface area contributed by atoms with Crippen LogP contribution in [0.2, 0.25) is 0 Å². The van der Waals surface area contributed by atoms with Crippen molar-refractivity contribution < 1.29 is 38.5 Å². The number of likely N-dealkylation sites (tertiary alicyclic amines) is 2. The number of hydrogen-bond acceptors (Lipinski definition) is 12. The van der Waals surface area contributed by atoms with Gasteiger partial charge in [0.15, 0.2) is 0 Å². The number of ether oxygens (including phenoxy) is 2. The van der Waals surface area contributed by atoms with Gasteiger partial charge >= 0.3 is 0 Å². The largest absolute Gasteiger partial charge is 0.494 e. The Balaban J connectivity index is 1.34. The molecule has 0 bridgehead atoms. The number of nitro benzene ring substituents is 2. The number of carbonyl (C=O) groups is 4. The van der Waals surface area contributed by atoms with E-state index in [0.29, 0.717) is 51.9 Å². The highest BCUT2D eigenvalue weighted by atomic mass is 16.6. The van der Waals surface area contributed by atoms with Gasteiger partial charge in [0.25, 0.3) is 23.2 Å². The van der Waals surface area contributed by atoms with E-state index in [0.717, 1.165) is 38.1 Å². The molecule has 2 saturated heterocycles. The molecule has 0 aromatic heterocycles. The quantitative estimate of drug-likeness (QED) is 0.0602. The Morgan fingerprint density at radius 3 is 1.27 bits per heavy atom. The van der Waals surface area contributed by atoms with Gasteiger partial charge in [0.05, 0.1) is 35.4 Å². The molecular weight excluding hydrogens is 849 g/mol. The summed E-state index contributed by atoms with van der Waals surface area (Å²) >= 11 is 0. The molecular formula is C48H56N8O10. The lowest BCUT2D eigenvalue weighted by atomic mass is 10.00. The zero-order chi connectivity index (χ0) is 47.3. The van der Waals surface area contributed by atoms with Crippen molar-refractivity contribution in [1.29, 1.82) is 0 Å². The average Bonchev–Trinajstić information content (AvgIpc) is 3.31. The van der Waals surface area contributed by atoms with Crippen molar-refractivity contribution in [3.05, 3.63) is 128 Å². The van der Waals surface area contributed by atoms with Crippen LogP contribution in [-0.4, -0.2) is 109 Å². The first kappa shape index (κ1) is 48.3. The van der Waals surface area contributed by atoms with E-state index in [1.54, 1.807) is 0 Å². The number of hydrogen-bond donors (Lipinski definition) is 2. The van der Waals surface area contributed by atoms with Crippen molar-refractivity contribution in [3.8, 4) is 11.5 Å². The van der Waals surface area contributed by atoms with E-state index >= 15 is 0 Å². The maximum Gasteiger partial charge on any atom is 0.295 e. The van der Waals surface area contributed by atoms with Crippen LogP contribution in [0.1, 0.15) is 50.7 Å². The van der Waals surface area contributed by atoms with E-state index in [1.165, 1.54) is 73.3 Å². The van der Waals surface area contributed by atoms with Crippen LogP contribution >= 0.6 is 0 Å². The van der Waals surface area contributed by atoms with Gasteiger partial charge in [-0.25, -0.2) is 0 Å². The molecule has 0 aliphatic carbocycles. The van der Waals surface area contributed by atoms with E-state index < -0.39 is 56.9 Å². The Kier molecular flexibility index (Phi) is 16.6. The van der Waals surface area contributed by atoms with Gasteiger partial charge in [-0.3, -0.25) is 39.4 Å². The van der Waals surface area contributed by atoms with Crippen LogP contribution in [0.4, 0.5) is 34.1 Å². The zero-order valence-electron chi connectivity index (χ0n) is 37.6. The number of benzene rings is 4. The van der Waals surface area contributed by atoms with Crippen molar-refractivity contribution in [2.24, 2.45) is 0 Å². The molecule has 2 aliphatic heterocycles. The molecule has 2 fully saturated rings. The van der Waals surface area contributed by atoms with Gasteiger partial charge in [-0.05, 0) is 49.7 Å². The lowest BCUT2D eigenvalue weighted by Crippen LogP contribution is -2.48. The summed E-state index contributed by atoms with van der Waals surface area (Å²) in [6.07, 6.45) is 5.82. The van der Waals surface area contributed by atoms with E-state index in [2.05, 4.69) is 44.7 Å². The fraction of sp³-hybridized carbons (Fsp3) is 0.375. The minimum atomic E-state index is -0.666. The molecule has 4 aromatic carbocycles. The van der Waals surface area contributed by atoms with Crippen molar-refractivity contribution in [1.82, 2.24) is 9.80 Å². The Hall–Kier alpha value is -7.18. The average molecular weight is 905 g/mol. The third-order valence-corrected chi connectivity index (χ3v) is 11.9. The van der Waals surface area contributed by atoms with Crippen LogP contribution in [0.3, 0.4) is 0 Å². The number of anilines is 4. The minimum Gasteiger partial charge on any atom is -0.494 e. The van der Waals surface area contributed by atoms with Gasteiger partial charge in [-0.2, -0.15) is 0 Å². The maximum absolute atomic E-state index is 14.7. The van der Waals surface area contributed by atoms with Crippen LogP contribution in [0.15, 0.2) is 97.1 Å². The van der Waals surface area contributed by atoms with Gasteiger partial charge in [-0.1, -0.05) is 60.7 Å². The first-order valence-electron chi connectivity index (χ1n) is 21.9.